The predicted molar refractivity (Wildman–Crippen MR) is 86.6 cm³/mol. The molecule has 1 saturated heterocycles. The van der Waals surface area contributed by atoms with Gasteiger partial charge in [-0.15, -0.1) is 0 Å². The molecule has 0 saturated carbocycles. The van der Waals surface area contributed by atoms with Gasteiger partial charge in [0.25, 0.3) is 0 Å². The first-order valence-corrected chi connectivity index (χ1v) is 9.33. The van der Waals surface area contributed by atoms with Crippen LogP contribution in [0.15, 0.2) is 29.2 Å². The van der Waals surface area contributed by atoms with E-state index < -0.39 is 21.4 Å². The maximum absolute atomic E-state index is 13.3. The number of ether oxygens (including phenoxy) is 1. The highest BCUT2D eigenvalue weighted by molar-refractivity contribution is 7.89. The van der Waals surface area contributed by atoms with Crippen LogP contribution in [0.4, 0.5) is 4.39 Å². The fourth-order valence-corrected chi connectivity index (χ4v) is 4.05. The van der Waals surface area contributed by atoms with Crippen LogP contribution in [0.3, 0.4) is 0 Å². The van der Waals surface area contributed by atoms with Gasteiger partial charge in [-0.3, -0.25) is 0 Å². The Morgan fingerprint density at radius 2 is 1.92 bits per heavy atom. The third-order valence-corrected chi connectivity index (χ3v) is 5.57. The van der Waals surface area contributed by atoms with E-state index in [0.29, 0.717) is 13.1 Å². The van der Waals surface area contributed by atoms with E-state index in [1.54, 1.807) is 0 Å². The van der Waals surface area contributed by atoms with Gasteiger partial charge < -0.3 is 9.64 Å². The van der Waals surface area contributed by atoms with Crippen molar-refractivity contribution in [3.05, 3.63) is 30.1 Å². The molecule has 1 heterocycles. The average Bonchev–Trinajstić information content (AvgIpc) is 2.45. The van der Waals surface area contributed by atoms with Gasteiger partial charge in [0.05, 0.1) is 31.1 Å². The molecule has 0 atom stereocenters. The van der Waals surface area contributed by atoms with Gasteiger partial charge >= 0.3 is 5.97 Å². The molecule has 0 amide bonds. The number of esters is 1. The van der Waals surface area contributed by atoms with Crippen molar-refractivity contribution in [2.75, 3.05) is 32.7 Å². The Balaban J connectivity index is 1.94. The Kier molecular flexibility index (Phi) is 5.62. The van der Waals surface area contributed by atoms with E-state index in [0.717, 1.165) is 11.0 Å². The van der Waals surface area contributed by atoms with Crippen LogP contribution >= 0.6 is 0 Å². The van der Waals surface area contributed by atoms with Crippen molar-refractivity contribution in [3.8, 4) is 0 Å². The number of quaternary nitrogens is 1. The van der Waals surface area contributed by atoms with Crippen LogP contribution in [0.1, 0.15) is 20.8 Å². The quantitative estimate of drug-likeness (QED) is 0.772. The number of rotatable bonds is 4. The molecule has 1 N–H and O–H groups in total. The summed E-state index contributed by atoms with van der Waals surface area (Å²) in [4.78, 5) is 12.8. The third kappa shape index (κ3) is 4.99. The molecule has 0 aromatic heterocycles. The molecule has 134 valence electrons. The van der Waals surface area contributed by atoms with E-state index >= 15 is 0 Å². The van der Waals surface area contributed by atoms with Crippen molar-refractivity contribution in [1.82, 2.24) is 4.31 Å². The fraction of sp³-hybridized carbons (Fsp3) is 0.562. The molecule has 1 aliphatic heterocycles. The van der Waals surface area contributed by atoms with Gasteiger partial charge in [0.1, 0.15) is 11.4 Å². The first kappa shape index (κ1) is 18.8. The minimum atomic E-state index is -3.70. The van der Waals surface area contributed by atoms with Crippen molar-refractivity contribution >= 4 is 16.0 Å². The van der Waals surface area contributed by atoms with Crippen LogP contribution in [0, 0.1) is 5.82 Å². The summed E-state index contributed by atoms with van der Waals surface area (Å²) in [5.41, 5.74) is -0.529. The van der Waals surface area contributed by atoms with Crippen LogP contribution in [-0.4, -0.2) is 57.0 Å². The second-order valence-electron chi connectivity index (χ2n) is 6.87. The average molecular weight is 359 g/mol. The number of benzene rings is 1. The van der Waals surface area contributed by atoms with Gasteiger partial charge in [0.15, 0.2) is 6.54 Å². The lowest BCUT2D eigenvalue weighted by atomic mass is 10.2. The van der Waals surface area contributed by atoms with E-state index in [9.17, 15) is 17.6 Å². The number of nitrogens with one attached hydrogen (secondary N) is 1. The molecule has 8 heteroatoms. The Bertz CT molecular complexity index is 692. The van der Waals surface area contributed by atoms with Gasteiger partial charge in [0, 0.05) is 0 Å². The van der Waals surface area contributed by atoms with Gasteiger partial charge in [-0.25, -0.2) is 17.6 Å². The van der Waals surface area contributed by atoms with Crippen LogP contribution in [0.25, 0.3) is 0 Å². The summed E-state index contributed by atoms with van der Waals surface area (Å²) in [5, 5.41) is 0. The van der Waals surface area contributed by atoms with E-state index in [1.165, 1.54) is 22.5 Å². The zero-order valence-electron chi connectivity index (χ0n) is 14.2. The lowest BCUT2D eigenvalue weighted by Gasteiger charge is -2.31. The van der Waals surface area contributed by atoms with E-state index in [-0.39, 0.29) is 30.5 Å². The van der Waals surface area contributed by atoms with Crippen molar-refractivity contribution in [2.45, 2.75) is 31.3 Å². The largest absolute Gasteiger partial charge is 0.456 e. The minimum Gasteiger partial charge on any atom is -0.456 e. The second-order valence-corrected chi connectivity index (χ2v) is 8.81. The summed E-state index contributed by atoms with van der Waals surface area (Å²) in [6.45, 7) is 7.23. The van der Waals surface area contributed by atoms with Crippen LogP contribution in [0.2, 0.25) is 0 Å². The van der Waals surface area contributed by atoms with E-state index in [2.05, 4.69) is 0 Å². The highest BCUT2D eigenvalue weighted by Gasteiger charge is 2.32. The molecule has 0 spiro atoms. The van der Waals surface area contributed by atoms with Gasteiger partial charge in [-0.2, -0.15) is 4.31 Å². The number of hydrogen-bond donors (Lipinski definition) is 1. The summed E-state index contributed by atoms with van der Waals surface area (Å²) >= 11 is 0. The van der Waals surface area contributed by atoms with Crippen LogP contribution < -0.4 is 4.90 Å². The number of piperazine rings is 1. The number of carbonyl (C=O) groups excluding carboxylic acids is 1. The zero-order valence-corrected chi connectivity index (χ0v) is 15.0. The van der Waals surface area contributed by atoms with Gasteiger partial charge in [-0.05, 0) is 39.0 Å². The maximum Gasteiger partial charge on any atom is 0.362 e. The highest BCUT2D eigenvalue weighted by Crippen LogP contribution is 2.16. The van der Waals surface area contributed by atoms with Crippen LogP contribution in [0.5, 0.6) is 0 Å². The van der Waals surface area contributed by atoms with Crippen LogP contribution in [-0.2, 0) is 19.6 Å². The Labute approximate surface area is 142 Å². The molecule has 0 unspecified atom stereocenters. The monoisotopic (exact) mass is 359 g/mol. The molecule has 1 aliphatic rings. The van der Waals surface area contributed by atoms with Crippen molar-refractivity contribution in [3.63, 3.8) is 0 Å². The topological polar surface area (TPSA) is 68.1 Å². The Hall–Kier alpha value is -1.51. The molecule has 1 aromatic carbocycles. The fourth-order valence-electron chi connectivity index (χ4n) is 2.58. The standard InChI is InChI=1S/C16H23FN2O4S/c1-16(2,3)23-15(20)12-18-7-9-19(10-8-18)24(21,22)14-6-4-5-13(17)11-14/h4-6,11H,7-10,12H2,1-3H3/p+1. The van der Waals surface area contributed by atoms with Gasteiger partial charge in [-0.1, -0.05) is 6.07 Å². The van der Waals surface area contributed by atoms with E-state index in [1.807, 2.05) is 20.8 Å². The molecule has 24 heavy (non-hydrogen) atoms. The molecule has 2 rings (SSSR count). The lowest BCUT2D eigenvalue weighted by Crippen LogP contribution is -3.15. The molecular weight excluding hydrogens is 335 g/mol. The number of sulfonamides is 1. The second kappa shape index (κ2) is 7.16. The molecule has 1 fully saturated rings. The molecule has 0 radical (unpaired) electrons. The van der Waals surface area contributed by atoms with Gasteiger partial charge in [0.2, 0.25) is 10.0 Å². The van der Waals surface area contributed by atoms with E-state index in [4.69, 9.17) is 4.74 Å². The Morgan fingerprint density at radius 3 is 2.46 bits per heavy atom. The maximum atomic E-state index is 13.3. The summed E-state index contributed by atoms with van der Waals surface area (Å²) in [6, 6.07) is 5.00. The molecule has 0 bridgehead atoms. The first-order valence-electron chi connectivity index (χ1n) is 7.89. The lowest BCUT2D eigenvalue weighted by molar-refractivity contribution is -0.896. The summed E-state index contributed by atoms with van der Waals surface area (Å²) < 4.78 is 44.9. The van der Waals surface area contributed by atoms with Crippen molar-refractivity contribution in [1.29, 1.82) is 0 Å². The zero-order chi connectivity index (χ0) is 18.0. The molecule has 6 nitrogen and oxygen atoms in total. The SMILES string of the molecule is CC(C)(C)OC(=O)C[NH+]1CCN(S(=O)(=O)c2cccc(F)c2)CC1. The van der Waals surface area contributed by atoms with Crippen molar-refractivity contribution in [2.24, 2.45) is 0 Å². The summed E-state index contributed by atoms with van der Waals surface area (Å²) in [6.07, 6.45) is 0. The number of hydrogen-bond acceptors (Lipinski definition) is 4. The summed E-state index contributed by atoms with van der Waals surface area (Å²) in [7, 11) is -3.70. The normalized spacial score (nSPS) is 17.7. The molecular formula is C16H24FN2O4S+. The van der Waals surface area contributed by atoms with Crippen molar-refractivity contribution < 1.29 is 27.2 Å². The molecule has 0 aliphatic carbocycles. The Morgan fingerprint density at radius 1 is 1.29 bits per heavy atom. The summed E-state index contributed by atoms with van der Waals surface area (Å²) in [5.74, 6) is -0.871. The first-order chi connectivity index (χ1) is 11.1. The predicted octanol–water partition coefficient (Wildman–Crippen LogP) is 0.0566. The minimum absolute atomic E-state index is 0.0434. The highest BCUT2D eigenvalue weighted by atomic mass is 32.2. The third-order valence-electron chi connectivity index (χ3n) is 3.68. The smallest absolute Gasteiger partial charge is 0.362 e. The number of carbonyl (C=O) groups is 1. The number of nitrogens with zero attached hydrogens (tertiary/aromatic N) is 1. The number of halogens is 1. The molecule has 1 aromatic rings.